The Balaban J connectivity index is 1.69. The smallest absolute Gasteiger partial charge is 0.102 e. The molecule has 18 heavy (non-hydrogen) atoms. The summed E-state index contributed by atoms with van der Waals surface area (Å²) >= 11 is 0. The minimum atomic E-state index is -0.231. The molecule has 0 spiro atoms. The maximum absolute atomic E-state index is 12.7. The van der Waals surface area contributed by atoms with Gasteiger partial charge in [0.05, 0.1) is 0 Å². The first-order valence-corrected chi connectivity index (χ1v) is 6.97. The Hall–Kier alpha value is -0.930. The third-order valence-corrected chi connectivity index (χ3v) is 4.20. The molecular formula is C15H21FN2. The molecule has 2 nitrogen and oxygen atoms in total. The van der Waals surface area contributed by atoms with Crippen molar-refractivity contribution in [2.45, 2.75) is 24.9 Å². The summed E-state index contributed by atoms with van der Waals surface area (Å²) in [7, 11) is 0. The Labute approximate surface area is 108 Å². The number of hydrogen-bond acceptors (Lipinski definition) is 2. The minimum Gasteiger partial charge on any atom is -0.307 e. The van der Waals surface area contributed by atoms with E-state index in [0.717, 1.165) is 19.0 Å². The van der Waals surface area contributed by atoms with Crippen LogP contribution in [0.1, 0.15) is 24.4 Å². The minimum absolute atomic E-state index is 0.231. The summed E-state index contributed by atoms with van der Waals surface area (Å²) in [5.41, 5.74) is 1.32. The third kappa shape index (κ3) is 2.57. The molecule has 0 bridgehead atoms. The van der Waals surface area contributed by atoms with E-state index in [-0.39, 0.29) is 6.67 Å². The monoisotopic (exact) mass is 248 g/mol. The molecular weight excluding hydrogens is 227 g/mol. The Morgan fingerprint density at radius 2 is 2.00 bits per heavy atom. The van der Waals surface area contributed by atoms with Crippen molar-refractivity contribution >= 4 is 0 Å². The highest BCUT2D eigenvalue weighted by molar-refractivity contribution is 5.20. The van der Waals surface area contributed by atoms with Gasteiger partial charge in [-0.3, -0.25) is 4.90 Å². The van der Waals surface area contributed by atoms with Crippen LogP contribution < -0.4 is 5.32 Å². The summed E-state index contributed by atoms with van der Waals surface area (Å²) < 4.78 is 12.7. The van der Waals surface area contributed by atoms with Crippen LogP contribution in [0, 0.1) is 5.92 Å². The normalized spacial score (nSPS) is 29.4. The zero-order valence-electron chi connectivity index (χ0n) is 10.7. The second-order valence-corrected chi connectivity index (χ2v) is 5.46. The number of nitrogens with one attached hydrogen (secondary N) is 1. The Morgan fingerprint density at radius 1 is 1.22 bits per heavy atom. The molecule has 1 N–H and O–H groups in total. The molecule has 2 aliphatic rings. The van der Waals surface area contributed by atoms with Gasteiger partial charge >= 0.3 is 0 Å². The number of halogens is 1. The molecule has 1 aliphatic heterocycles. The molecule has 1 saturated carbocycles. The fraction of sp³-hybridized carbons (Fsp3) is 0.600. The number of rotatable bonds is 4. The van der Waals surface area contributed by atoms with E-state index in [2.05, 4.69) is 34.5 Å². The molecule has 1 heterocycles. The standard InChI is InChI=1S/C15H21FN2/c16-8-9-18-11-14(12-4-2-1-3-5-12)17-10-15(18)13-6-7-13/h1-5,13-15,17H,6-11H2. The highest BCUT2D eigenvalue weighted by Crippen LogP contribution is 2.37. The first-order chi connectivity index (χ1) is 8.88. The molecule has 3 rings (SSSR count). The molecule has 0 aromatic heterocycles. The molecule has 2 fully saturated rings. The number of alkyl halides is 1. The summed E-state index contributed by atoms with van der Waals surface area (Å²) in [6, 6.07) is 11.4. The lowest BCUT2D eigenvalue weighted by Crippen LogP contribution is -2.54. The highest BCUT2D eigenvalue weighted by Gasteiger charge is 2.38. The number of benzene rings is 1. The first kappa shape index (κ1) is 12.1. The first-order valence-electron chi connectivity index (χ1n) is 6.97. The zero-order chi connectivity index (χ0) is 12.4. The van der Waals surface area contributed by atoms with E-state index in [1.54, 1.807) is 0 Å². The second-order valence-electron chi connectivity index (χ2n) is 5.46. The third-order valence-electron chi connectivity index (χ3n) is 4.20. The molecule has 1 aromatic carbocycles. The molecule has 1 aromatic rings. The van der Waals surface area contributed by atoms with Gasteiger partial charge in [0.2, 0.25) is 0 Å². The Kier molecular flexibility index (Phi) is 3.62. The number of nitrogens with zero attached hydrogens (tertiary/aromatic N) is 1. The van der Waals surface area contributed by atoms with Crippen molar-refractivity contribution in [1.82, 2.24) is 10.2 Å². The Morgan fingerprint density at radius 3 is 2.67 bits per heavy atom. The predicted molar refractivity (Wildman–Crippen MR) is 71.2 cm³/mol. The van der Waals surface area contributed by atoms with E-state index in [4.69, 9.17) is 0 Å². The van der Waals surface area contributed by atoms with Crippen LogP contribution in [0.3, 0.4) is 0 Å². The summed E-state index contributed by atoms with van der Waals surface area (Å²) in [5.74, 6) is 0.806. The van der Waals surface area contributed by atoms with E-state index in [1.807, 2.05) is 6.07 Å². The van der Waals surface area contributed by atoms with Gasteiger partial charge in [-0.15, -0.1) is 0 Å². The van der Waals surface area contributed by atoms with E-state index in [9.17, 15) is 4.39 Å². The predicted octanol–water partition coefficient (Wildman–Crippen LogP) is 2.38. The van der Waals surface area contributed by atoms with Crippen LogP contribution in [-0.2, 0) is 0 Å². The van der Waals surface area contributed by atoms with E-state index in [0.29, 0.717) is 18.6 Å². The van der Waals surface area contributed by atoms with Gasteiger partial charge in [-0.05, 0) is 24.3 Å². The lowest BCUT2D eigenvalue weighted by molar-refractivity contribution is 0.107. The summed E-state index contributed by atoms with van der Waals surface area (Å²) in [6.07, 6.45) is 2.65. The summed E-state index contributed by atoms with van der Waals surface area (Å²) in [6.45, 7) is 2.30. The quantitative estimate of drug-likeness (QED) is 0.880. The van der Waals surface area contributed by atoms with Crippen molar-refractivity contribution in [2.75, 3.05) is 26.3 Å². The van der Waals surface area contributed by atoms with E-state index >= 15 is 0 Å². The van der Waals surface area contributed by atoms with Crippen LogP contribution in [0.25, 0.3) is 0 Å². The maximum atomic E-state index is 12.7. The lowest BCUT2D eigenvalue weighted by Gasteiger charge is -2.40. The maximum Gasteiger partial charge on any atom is 0.102 e. The molecule has 98 valence electrons. The van der Waals surface area contributed by atoms with Gasteiger partial charge in [0, 0.05) is 31.7 Å². The largest absolute Gasteiger partial charge is 0.307 e. The summed E-state index contributed by atoms with van der Waals surface area (Å²) in [5, 5.41) is 3.63. The van der Waals surface area contributed by atoms with Crippen LogP contribution >= 0.6 is 0 Å². The lowest BCUT2D eigenvalue weighted by atomic mass is 10.00. The van der Waals surface area contributed by atoms with E-state index < -0.39 is 0 Å². The molecule has 2 unspecified atom stereocenters. The second kappa shape index (κ2) is 5.37. The fourth-order valence-electron chi connectivity index (χ4n) is 3.05. The van der Waals surface area contributed by atoms with Crippen molar-refractivity contribution in [3.8, 4) is 0 Å². The van der Waals surface area contributed by atoms with Gasteiger partial charge < -0.3 is 5.32 Å². The van der Waals surface area contributed by atoms with Gasteiger partial charge in [0.1, 0.15) is 6.67 Å². The van der Waals surface area contributed by atoms with Crippen LogP contribution in [0.15, 0.2) is 30.3 Å². The van der Waals surface area contributed by atoms with Gasteiger partial charge in [-0.25, -0.2) is 4.39 Å². The molecule has 3 heteroatoms. The zero-order valence-corrected chi connectivity index (χ0v) is 10.7. The highest BCUT2D eigenvalue weighted by atomic mass is 19.1. The van der Waals surface area contributed by atoms with Crippen LogP contribution in [0.4, 0.5) is 4.39 Å². The van der Waals surface area contributed by atoms with Crippen LogP contribution in [0.5, 0.6) is 0 Å². The topological polar surface area (TPSA) is 15.3 Å². The van der Waals surface area contributed by atoms with Gasteiger partial charge in [-0.1, -0.05) is 30.3 Å². The molecule has 1 aliphatic carbocycles. The van der Waals surface area contributed by atoms with Crippen molar-refractivity contribution in [3.63, 3.8) is 0 Å². The van der Waals surface area contributed by atoms with Crippen LogP contribution in [0.2, 0.25) is 0 Å². The SMILES string of the molecule is FCCN1CC(c2ccccc2)NCC1C1CC1. The van der Waals surface area contributed by atoms with Gasteiger partial charge in [0.25, 0.3) is 0 Å². The van der Waals surface area contributed by atoms with Crippen molar-refractivity contribution in [1.29, 1.82) is 0 Å². The number of hydrogen-bond donors (Lipinski definition) is 1. The Bertz CT molecular complexity index is 377. The summed E-state index contributed by atoms with van der Waals surface area (Å²) in [4.78, 5) is 2.35. The molecule has 0 amide bonds. The van der Waals surface area contributed by atoms with Crippen molar-refractivity contribution in [3.05, 3.63) is 35.9 Å². The fourth-order valence-corrected chi connectivity index (χ4v) is 3.05. The van der Waals surface area contributed by atoms with Crippen molar-refractivity contribution in [2.24, 2.45) is 5.92 Å². The van der Waals surface area contributed by atoms with Gasteiger partial charge in [-0.2, -0.15) is 0 Å². The average molecular weight is 248 g/mol. The van der Waals surface area contributed by atoms with Crippen molar-refractivity contribution < 1.29 is 4.39 Å². The molecule has 2 atom stereocenters. The molecule has 0 radical (unpaired) electrons. The molecule has 1 saturated heterocycles. The van der Waals surface area contributed by atoms with E-state index in [1.165, 1.54) is 18.4 Å². The van der Waals surface area contributed by atoms with Gasteiger partial charge in [0.15, 0.2) is 0 Å². The van der Waals surface area contributed by atoms with Crippen LogP contribution in [-0.4, -0.2) is 37.3 Å². The number of piperazine rings is 1. The average Bonchev–Trinajstić information content (AvgIpc) is 3.24.